The lowest BCUT2D eigenvalue weighted by Crippen LogP contribution is -2.48. The first-order chi connectivity index (χ1) is 10.2. The van der Waals surface area contributed by atoms with Crippen molar-refractivity contribution >= 4 is 34.8 Å². The van der Waals surface area contributed by atoms with Crippen molar-refractivity contribution in [3.8, 4) is 0 Å². The SMILES string of the molecule is O=CN1CCN(C(=O)Cc2c[nH]c3cccc(Cl)c23)CC1. The molecule has 0 radical (unpaired) electrons. The number of aromatic nitrogens is 1. The summed E-state index contributed by atoms with van der Waals surface area (Å²) in [6.07, 6.45) is 3.00. The number of carbonyl (C=O) groups excluding carboxylic acids is 2. The fourth-order valence-electron chi connectivity index (χ4n) is 2.70. The molecule has 1 N–H and O–H groups in total. The molecular formula is C15H16ClN3O2. The molecule has 1 fully saturated rings. The van der Waals surface area contributed by atoms with Crippen molar-refractivity contribution in [2.45, 2.75) is 6.42 Å². The van der Waals surface area contributed by atoms with E-state index >= 15 is 0 Å². The lowest BCUT2D eigenvalue weighted by molar-refractivity contribution is -0.134. The number of carbonyl (C=O) groups is 2. The maximum atomic E-state index is 12.4. The van der Waals surface area contributed by atoms with E-state index in [9.17, 15) is 9.59 Å². The normalized spacial score (nSPS) is 15.5. The molecule has 21 heavy (non-hydrogen) atoms. The van der Waals surface area contributed by atoms with Crippen LogP contribution in [0.4, 0.5) is 0 Å². The molecule has 3 rings (SSSR count). The van der Waals surface area contributed by atoms with Crippen molar-refractivity contribution in [2.24, 2.45) is 0 Å². The second-order valence-electron chi connectivity index (χ2n) is 5.18. The zero-order chi connectivity index (χ0) is 14.8. The van der Waals surface area contributed by atoms with Crippen LogP contribution in [-0.2, 0) is 16.0 Å². The highest BCUT2D eigenvalue weighted by Crippen LogP contribution is 2.27. The number of halogens is 1. The highest BCUT2D eigenvalue weighted by Gasteiger charge is 2.21. The molecule has 1 aliphatic rings. The molecule has 0 aliphatic carbocycles. The van der Waals surface area contributed by atoms with Crippen molar-refractivity contribution in [1.29, 1.82) is 0 Å². The first kappa shape index (κ1) is 13.9. The van der Waals surface area contributed by atoms with E-state index in [1.165, 1.54) is 0 Å². The van der Waals surface area contributed by atoms with E-state index in [2.05, 4.69) is 4.98 Å². The van der Waals surface area contributed by atoms with Gasteiger partial charge in [0.25, 0.3) is 0 Å². The van der Waals surface area contributed by atoms with Crippen LogP contribution in [0.15, 0.2) is 24.4 Å². The maximum Gasteiger partial charge on any atom is 0.227 e. The monoisotopic (exact) mass is 305 g/mol. The zero-order valence-electron chi connectivity index (χ0n) is 11.5. The fourth-order valence-corrected chi connectivity index (χ4v) is 2.99. The van der Waals surface area contributed by atoms with E-state index in [0.29, 0.717) is 37.6 Å². The van der Waals surface area contributed by atoms with E-state index in [1.54, 1.807) is 9.80 Å². The summed E-state index contributed by atoms with van der Waals surface area (Å²) in [5.41, 5.74) is 1.86. The number of fused-ring (bicyclic) bond motifs is 1. The predicted octanol–water partition coefficient (Wildman–Crippen LogP) is 1.66. The van der Waals surface area contributed by atoms with Gasteiger partial charge in [0.15, 0.2) is 0 Å². The quantitative estimate of drug-likeness (QED) is 0.877. The number of benzene rings is 1. The Morgan fingerprint density at radius 3 is 2.76 bits per heavy atom. The third-order valence-corrected chi connectivity index (χ3v) is 4.21. The minimum Gasteiger partial charge on any atom is -0.361 e. The highest BCUT2D eigenvalue weighted by atomic mass is 35.5. The van der Waals surface area contributed by atoms with E-state index < -0.39 is 0 Å². The molecule has 1 saturated heterocycles. The largest absolute Gasteiger partial charge is 0.361 e. The first-order valence-corrected chi connectivity index (χ1v) is 7.28. The summed E-state index contributed by atoms with van der Waals surface area (Å²) in [5, 5.41) is 1.57. The number of piperazine rings is 1. The number of amides is 2. The molecule has 2 amide bonds. The van der Waals surface area contributed by atoms with Gasteiger partial charge < -0.3 is 14.8 Å². The average molecular weight is 306 g/mol. The van der Waals surface area contributed by atoms with Crippen molar-refractivity contribution < 1.29 is 9.59 Å². The van der Waals surface area contributed by atoms with E-state index in [4.69, 9.17) is 11.6 Å². The van der Waals surface area contributed by atoms with Crippen LogP contribution >= 0.6 is 11.6 Å². The van der Waals surface area contributed by atoms with Gasteiger partial charge >= 0.3 is 0 Å². The highest BCUT2D eigenvalue weighted by molar-refractivity contribution is 6.35. The molecule has 2 heterocycles. The van der Waals surface area contributed by atoms with Gasteiger partial charge in [-0.1, -0.05) is 17.7 Å². The molecule has 2 aromatic rings. The zero-order valence-corrected chi connectivity index (χ0v) is 12.3. The molecule has 1 aliphatic heterocycles. The Hall–Kier alpha value is -2.01. The van der Waals surface area contributed by atoms with Crippen molar-refractivity contribution in [3.63, 3.8) is 0 Å². The Morgan fingerprint density at radius 1 is 1.29 bits per heavy atom. The van der Waals surface area contributed by atoms with Crippen LogP contribution in [0, 0.1) is 0 Å². The molecule has 0 atom stereocenters. The summed E-state index contributed by atoms with van der Waals surface area (Å²) >= 11 is 6.22. The number of nitrogens with zero attached hydrogens (tertiary/aromatic N) is 2. The Kier molecular flexibility index (Phi) is 3.84. The Labute approximate surface area is 127 Å². The smallest absolute Gasteiger partial charge is 0.227 e. The topological polar surface area (TPSA) is 56.4 Å². The molecule has 0 spiro atoms. The summed E-state index contributed by atoms with van der Waals surface area (Å²) in [4.78, 5) is 29.7. The van der Waals surface area contributed by atoms with E-state index in [-0.39, 0.29) is 5.91 Å². The molecule has 6 heteroatoms. The summed E-state index contributed by atoms with van der Waals surface area (Å²) < 4.78 is 0. The van der Waals surface area contributed by atoms with E-state index in [1.807, 2.05) is 24.4 Å². The maximum absolute atomic E-state index is 12.4. The fraction of sp³-hybridized carbons (Fsp3) is 0.333. The molecule has 110 valence electrons. The summed E-state index contributed by atoms with van der Waals surface area (Å²) in [7, 11) is 0. The number of nitrogens with one attached hydrogen (secondary N) is 1. The number of rotatable bonds is 3. The van der Waals surface area contributed by atoms with Crippen LogP contribution in [0.1, 0.15) is 5.56 Å². The summed E-state index contributed by atoms with van der Waals surface area (Å²) in [6.45, 7) is 2.38. The van der Waals surface area contributed by atoms with Crippen LogP contribution in [0.3, 0.4) is 0 Å². The first-order valence-electron chi connectivity index (χ1n) is 6.90. The number of hydrogen-bond donors (Lipinski definition) is 1. The summed E-state index contributed by atoms with van der Waals surface area (Å²) in [5.74, 6) is 0.0707. The van der Waals surface area contributed by atoms with Crippen LogP contribution in [0.5, 0.6) is 0 Å². The molecule has 0 unspecified atom stereocenters. The van der Waals surface area contributed by atoms with Gasteiger partial charge in [-0.2, -0.15) is 0 Å². The Morgan fingerprint density at radius 2 is 2.05 bits per heavy atom. The molecule has 5 nitrogen and oxygen atoms in total. The molecular weight excluding hydrogens is 290 g/mol. The Bertz CT molecular complexity index is 675. The number of aromatic amines is 1. The van der Waals surface area contributed by atoms with Gasteiger partial charge in [-0.15, -0.1) is 0 Å². The van der Waals surface area contributed by atoms with Crippen molar-refractivity contribution in [2.75, 3.05) is 26.2 Å². The van der Waals surface area contributed by atoms with Crippen LogP contribution in [-0.4, -0.2) is 53.3 Å². The van der Waals surface area contributed by atoms with Crippen LogP contribution in [0.2, 0.25) is 5.02 Å². The van der Waals surface area contributed by atoms with Crippen molar-refractivity contribution in [1.82, 2.24) is 14.8 Å². The second kappa shape index (κ2) is 5.77. The number of H-pyrrole nitrogens is 1. The molecule has 1 aromatic carbocycles. The average Bonchev–Trinajstić information content (AvgIpc) is 2.92. The van der Waals surface area contributed by atoms with Gasteiger partial charge in [0.2, 0.25) is 12.3 Å². The van der Waals surface area contributed by atoms with Gasteiger partial charge in [-0.25, -0.2) is 0 Å². The van der Waals surface area contributed by atoms with Gasteiger partial charge in [0, 0.05) is 43.3 Å². The van der Waals surface area contributed by atoms with Gasteiger partial charge in [0.05, 0.1) is 11.4 Å². The lowest BCUT2D eigenvalue weighted by atomic mass is 10.1. The van der Waals surface area contributed by atoms with Crippen LogP contribution < -0.4 is 0 Å². The third kappa shape index (κ3) is 2.74. The molecule has 0 bridgehead atoms. The van der Waals surface area contributed by atoms with Gasteiger partial charge in [0.1, 0.15) is 0 Å². The molecule has 1 aromatic heterocycles. The second-order valence-corrected chi connectivity index (χ2v) is 5.58. The lowest BCUT2D eigenvalue weighted by Gasteiger charge is -2.32. The van der Waals surface area contributed by atoms with E-state index in [0.717, 1.165) is 22.9 Å². The Balaban J connectivity index is 1.74. The minimum absolute atomic E-state index is 0.0707. The predicted molar refractivity (Wildman–Crippen MR) is 81.2 cm³/mol. The third-order valence-electron chi connectivity index (χ3n) is 3.89. The van der Waals surface area contributed by atoms with Gasteiger partial charge in [-0.3, -0.25) is 9.59 Å². The van der Waals surface area contributed by atoms with Gasteiger partial charge in [-0.05, 0) is 17.7 Å². The minimum atomic E-state index is 0.0707. The summed E-state index contributed by atoms with van der Waals surface area (Å²) in [6, 6.07) is 5.65. The van der Waals surface area contributed by atoms with Crippen molar-refractivity contribution in [3.05, 3.63) is 35.0 Å². The number of hydrogen-bond acceptors (Lipinski definition) is 2. The van der Waals surface area contributed by atoms with Crippen LogP contribution in [0.25, 0.3) is 10.9 Å². The molecule has 0 saturated carbocycles. The standard InChI is InChI=1S/C15H16ClN3O2/c16-12-2-1-3-13-15(12)11(9-17-13)8-14(21)19-6-4-18(10-20)5-7-19/h1-3,9-10,17H,4-8H2.